The zero-order chi connectivity index (χ0) is 17.8. The molecular weight excluding hydrogens is 326 g/mol. The molecule has 2 N–H and O–H groups in total. The summed E-state index contributed by atoms with van der Waals surface area (Å²) in [5.41, 5.74) is 2.34. The van der Waals surface area contributed by atoms with Gasteiger partial charge in [0.2, 0.25) is 0 Å². The van der Waals surface area contributed by atoms with Crippen LogP contribution in [0.1, 0.15) is 23.5 Å². The number of hydrogen-bond acceptors (Lipinski definition) is 3. The normalized spacial score (nSPS) is 18.3. The zero-order valence-electron chi connectivity index (χ0n) is 14.4. The Morgan fingerprint density at radius 1 is 1.12 bits per heavy atom. The molecule has 2 aromatic heterocycles. The first-order valence-corrected chi connectivity index (χ1v) is 8.81. The minimum atomic E-state index is -0.138. The summed E-state index contributed by atoms with van der Waals surface area (Å²) >= 11 is 0. The number of amides is 2. The first kappa shape index (κ1) is 16.3. The molecule has 2 atom stereocenters. The predicted octanol–water partition coefficient (Wildman–Crippen LogP) is 2.87. The summed E-state index contributed by atoms with van der Waals surface area (Å²) in [6, 6.07) is 16.0. The van der Waals surface area contributed by atoms with Crippen molar-refractivity contribution >= 4 is 6.03 Å². The summed E-state index contributed by atoms with van der Waals surface area (Å²) in [5.74, 6) is 1.85. The number of pyridine rings is 1. The third-order valence-electron chi connectivity index (χ3n) is 4.68. The van der Waals surface area contributed by atoms with Crippen molar-refractivity contribution in [1.29, 1.82) is 0 Å². The van der Waals surface area contributed by atoms with Crippen LogP contribution in [0.25, 0.3) is 5.82 Å². The van der Waals surface area contributed by atoms with Crippen molar-refractivity contribution in [2.45, 2.75) is 18.9 Å². The van der Waals surface area contributed by atoms with E-state index >= 15 is 0 Å². The Kier molecular flexibility index (Phi) is 4.64. The molecule has 0 bridgehead atoms. The van der Waals surface area contributed by atoms with E-state index in [1.54, 1.807) is 17.1 Å². The van der Waals surface area contributed by atoms with Crippen molar-refractivity contribution in [2.75, 3.05) is 6.54 Å². The van der Waals surface area contributed by atoms with Gasteiger partial charge in [-0.2, -0.15) is 5.10 Å². The van der Waals surface area contributed by atoms with Crippen LogP contribution in [0.3, 0.4) is 0 Å². The number of nitrogens with zero attached hydrogens (tertiary/aromatic N) is 3. The molecule has 2 heterocycles. The topological polar surface area (TPSA) is 71.8 Å². The van der Waals surface area contributed by atoms with Gasteiger partial charge < -0.3 is 10.6 Å². The maximum atomic E-state index is 12.0. The average Bonchev–Trinajstić information content (AvgIpc) is 3.26. The van der Waals surface area contributed by atoms with Crippen LogP contribution in [-0.4, -0.2) is 27.3 Å². The summed E-state index contributed by atoms with van der Waals surface area (Å²) in [7, 11) is 0. The Morgan fingerprint density at radius 3 is 2.81 bits per heavy atom. The van der Waals surface area contributed by atoms with Crippen LogP contribution in [0.2, 0.25) is 0 Å². The van der Waals surface area contributed by atoms with E-state index in [0.29, 0.717) is 24.9 Å². The fourth-order valence-electron chi connectivity index (χ4n) is 3.15. The first-order chi connectivity index (χ1) is 12.8. The highest BCUT2D eigenvalue weighted by Crippen LogP contribution is 2.46. The van der Waals surface area contributed by atoms with Gasteiger partial charge in [0.15, 0.2) is 5.82 Å². The lowest BCUT2D eigenvalue weighted by atomic mass is 10.1. The van der Waals surface area contributed by atoms with Crippen molar-refractivity contribution in [3.05, 3.63) is 78.2 Å². The molecule has 0 radical (unpaired) electrons. The summed E-state index contributed by atoms with van der Waals surface area (Å²) < 4.78 is 1.69. The summed E-state index contributed by atoms with van der Waals surface area (Å²) in [6.45, 7) is 1.16. The predicted molar refractivity (Wildman–Crippen MR) is 98.9 cm³/mol. The van der Waals surface area contributed by atoms with Gasteiger partial charge in [0.1, 0.15) is 0 Å². The highest BCUT2D eigenvalue weighted by molar-refractivity contribution is 5.73. The third-order valence-corrected chi connectivity index (χ3v) is 4.68. The molecule has 1 aliphatic carbocycles. The maximum absolute atomic E-state index is 12.0. The molecule has 6 heteroatoms. The van der Waals surface area contributed by atoms with E-state index < -0.39 is 0 Å². The SMILES string of the molecule is O=C(NCc1ccnc(-n2cccn2)c1)NC[C@@H]1C[C@@H]1c1ccccc1. The van der Waals surface area contributed by atoms with E-state index in [0.717, 1.165) is 17.8 Å². The van der Waals surface area contributed by atoms with Crippen LogP contribution < -0.4 is 10.6 Å². The summed E-state index contributed by atoms with van der Waals surface area (Å²) in [4.78, 5) is 16.3. The fourth-order valence-corrected chi connectivity index (χ4v) is 3.15. The van der Waals surface area contributed by atoms with Gasteiger partial charge in [-0.3, -0.25) is 0 Å². The van der Waals surface area contributed by atoms with E-state index in [-0.39, 0.29) is 6.03 Å². The standard InChI is InChI=1S/C20H21N5O/c26-20(23-14-17-12-18(17)16-5-2-1-3-6-16)22-13-15-7-9-21-19(11-15)25-10-4-8-24-25/h1-11,17-18H,12-14H2,(H2,22,23,26)/t17-,18+/m0/s1. The van der Waals surface area contributed by atoms with E-state index in [2.05, 4.69) is 45.0 Å². The highest BCUT2D eigenvalue weighted by Gasteiger charge is 2.37. The quantitative estimate of drug-likeness (QED) is 0.720. The fraction of sp³-hybridized carbons (Fsp3) is 0.250. The van der Waals surface area contributed by atoms with Gasteiger partial charge in [0.05, 0.1) is 0 Å². The number of benzene rings is 1. The number of carbonyl (C=O) groups excluding carboxylic acids is 1. The Morgan fingerprint density at radius 2 is 2.00 bits per heavy atom. The minimum Gasteiger partial charge on any atom is -0.338 e. The van der Waals surface area contributed by atoms with Crippen molar-refractivity contribution in [2.24, 2.45) is 5.92 Å². The van der Waals surface area contributed by atoms with E-state index in [1.165, 1.54) is 5.56 Å². The molecule has 3 aromatic rings. The van der Waals surface area contributed by atoms with Crippen LogP contribution in [0, 0.1) is 5.92 Å². The lowest BCUT2D eigenvalue weighted by molar-refractivity contribution is 0.240. The van der Waals surface area contributed by atoms with E-state index in [1.807, 2.05) is 30.5 Å². The second-order valence-electron chi connectivity index (χ2n) is 6.55. The number of nitrogens with one attached hydrogen (secondary N) is 2. The number of carbonyl (C=O) groups is 1. The molecule has 132 valence electrons. The van der Waals surface area contributed by atoms with Crippen molar-refractivity contribution < 1.29 is 4.79 Å². The zero-order valence-corrected chi connectivity index (χ0v) is 14.4. The average molecular weight is 347 g/mol. The van der Waals surface area contributed by atoms with Gasteiger partial charge in [-0.15, -0.1) is 0 Å². The van der Waals surface area contributed by atoms with Gasteiger partial charge in [-0.25, -0.2) is 14.5 Å². The molecule has 4 rings (SSSR count). The van der Waals surface area contributed by atoms with Gasteiger partial charge >= 0.3 is 6.03 Å². The van der Waals surface area contributed by atoms with Crippen molar-refractivity contribution in [3.63, 3.8) is 0 Å². The molecule has 0 saturated heterocycles. The molecule has 6 nitrogen and oxygen atoms in total. The molecule has 2 amide bonds. The van der Waals surface area contributed by atoms with Crippen LogP contribution in [0.5, 0.6) is 0 Å². The van der Waals surface area contributed by atoms with Crippen LogP contribution in [-0.2, 0) is 6.54 Å². The largest absolute Gasteiger partial charge is 0.338 e. The lowest BCUT2D eigenvalue weighted by Gasteiger charge is -2.08. The first-order valence-electron chi connectivity index (χ1n) is 8.81. The minimum absolute atomic E-state index is 0.138. The molecule has 26 heavy (non-hydrogen) atoms. The van der Waals surface area contributed by atoms with Crippen LogP contribution >= 0.6 is 0 Å². The lowest BCUT2D eigenvalue weighted by Crippen LogP contribution is -2.36. The molecular formula is C20H21N5O. The second kappa shape index (κ2) is 7.39. The van der Waals surface area contributed by atoms with Gasteiger partial charge in [0.25, 0.3) is 0 Å². The molecule has 1 aliphatic rings. The van der Waals surface area contributed by atoms with Crippen LogP contribution in [0.15, 0.2) is 67.1 Å². The molecule has 0 spiro atoms. The van der Waals surface area contributed by atoms with Crippen molar-refractivity contribution in [1.82, 2.24) is 25.4 Å². The monoisotopic (exact) mass is 347 g/mol. The van der Waals surface area contributed by atoms with E-state index in [9.17, 15) is 4.79 Å². The summed E-state index contributed by atoms with van der Waals surface area (Å²) in [5, 5.41) is 10.0. The molecule has 0 unspecified atom stereocenters. The third kappa shape index (κ3) is 3.91. The number of hydrogen-bond donors (Lipinski definition) is 2. The van der Waals surface area contributed by atoms with Crippen LogP contribution in [0.4, 0.5) is 4.79 Å². The Labute approximate surface area is 152 Å². The number of aromatic nitrogens is 3. The smallest absolute Gasteiger partial charge is 0.315 e. The highest BCUT2D eigenvalue weighted by atomic mass is 16.2. The maximum Gasteiger partial charge on any atom is 0.315 e. The van der Waals surface area contributed by atoms with Crippen molar-refractivity contribution in [3.8, 4) is 5.82 Å². The molecule has 0 aliphatic heterocycles. The van der Waals surface area contributed by atoms with Gasteiger partial charge in [0, 0.05) is 31.7 Å². The number of urea groups is 1. The van der Waals surface area contributed by atoms with Gasteiger partial charge in [-0.05, 0) is 47.6 Å². The second-order valence-corrected chi connectivity index (χ2v) is 6.55. The molecule has 1 aromatic carbocycles. The molecule has 1 fully saturated rings. The number of rotatable bonds is 6. The Balaban J connectivity index is 1.23. The Hall–Kier alpha value is -3.15. The van der Waals surface area contributed by atoms with E-state index in [4.69, 9.17) is 0 Å². The summed E-state index contributed by atoms with van der Waals surface area (Å²) in [6.07, 6.45) is 6.41. The Bertz CT molecular complexity index is 863. The van der Waals surface area contributed by atoms with Gasteiger partial charge in [-0.1, -0.05) is 30.3 Å². The molecule has 1 saturated carbocycles.